The molecule has 0 aliphatic heterocycles. The fourth-order valence-corrected chi connectivity index (χ4v) is 1.91. The number of nitrogens with one attached hydrogen (secondary N) is 1. The topological polar surface area (TPSA) is 64.6 Å². The molecule has 2 aromatic rings. The molecule has 2 aromatic carbocycles. The summed E-state index contributed by atoms with van der Waals surface area (Å²) < 4.78 is 61.0. The molecule has 0 spiro atoms. The number of benzene rings is 2. The Bertz CT molecular complexity index is 792. The molecule has 2 rings (SSSR count). The van der Waals surface area contributed by atoms with Crippen molar-refractivity contribution in [1.82, 2.24) is 0 Å². The maximum atomic E-state index is 12.9. The number of halogens is 4. The number of esters is 1. The molecule has 0 saturated heterocycles. The van der Waals surface area contributed by atoms with Gasteiger partial charge in [0.25, 0.3) is 5.91 Å². The normalized spacial score (nSPS) is 10.9. The zero-order valence-corrected chi connectivity index (χ0v) is 13.2. The minimum absolute atomic E-state index is 0.0884. The van der Waals surface area contributed by atoms with Crippen LogP contribution in [-0.4, -0.2) is 25.1 Å². The molecular weight excluding hydrogens is 358 g/mol. The number of para-hydroxylation sites is 1. The van der Waals surface area contributed by atoms with Gasteiger partial charge in [0, 0.05) is 6.07 Å². The van der Waals surface area contributed by atoms with E-state index in [0.717, 1.165) is 18.2 Å². The Morgan fingerprint density at radius 1 is 1.00 bits per heavy atom. The Morgan fingerprint density at radius 2 is 1.73 bits per heavy atom. The summed E-state index contributed by atoms with van der Waals surface area (Å²) in [4.78, 5) is 23.2. The van der Waals surface area contributed by atoms with Gasteiger partial charge in [-0.15, -0.1) is 0 Å². The third-order valence-electron chi connectivity index (χ3n) is 3.02. The van der Waals surface area contributed by atoms with Gasteiger partial charge < -0.3 is 14.8 Å². The molecule has 0 atom stereocenters. The van der Waals surface area contributed by atoms with Crippen molar-refractivity contribution < 1.29 is 36.6 Å². The van der Waals surface area contributed by atoms with Crippen LogP contribution in [-0.2, 0) is 20.5 Å². The molecule has 0 heterocycles. The molecular formula is C17H13F4NO4. The summed E-state index contributed by atoms with van der Waals surface area (Å²) in [6, 6.07) is 9.43. The summed E-state index contributed by atoms with van der Waals surface area (Å²) in [7, 11) is 0. The SMILES string of the molecule is O=C(COC(=O)COc1cccc(F)c1)Nc1ccccc1C(F)(F)F. The standard InChI is InChI=1S/C17H13F4NO4/c18-11-4-3-5-12(8-11)25-10-16(24)26-9-15(23)22-14-7-2-1-6-13(14)17(19,20)21/h1-8H,9-10H2,(H,22,23). The molecule has 5 nitrogen and oxygen atoms in total. The van der Waals surface area contributed by atoms with Crippen molar-refractivity contribution in [2.45, 2.75) is 6.18 Å². The van der Waals surface area contributed by atoms with Crippen molar-refractivity contribution in [2.75, 3.05) is 18.5 Å². The van der Waals surface area contributed by atoms with Gasteiger partial charge in [-0.1, -0.05) is 18.2 Å². The number of ether oxygens (including phenoxy) is 2. The Kier molecular flexibility index (Phi) is 6.16. The number of amides is 1. The molecule has 0 radical (unpaired) electrons. The highest BCUT2D eigenvalue weighted by Gasteiger charge is 2.33. The lowest BCUT2D eigenvalue weighted by molar-refractivity contribution is -0.149. The number of carbonyl (C=O) groups is 2. The molecule has 0 aromatic heterocycles. The third kappa shape index (κ3) is 5.76. The Balaban J connectivity index is 1.83. The van der Waals surface area contributed by atoms with Crippen LogP contribution in [0.3, 0.4) is 0 Å². The first-order chi connectivity index (χ1) is 12.3. The van der Waals surface area contributed by atoms with E-state index in [1.807, 2.05) is 5.32 Å². The van der Waals surface area contributed by atoms with E-state index < -0.39 is 48.3 Å². The summed E-state index contributed by atoms with van der Waals surface area (Å²) in [5.74, 6) is -2.35. The monoisotopic (exact) mass is 371 g/mol. The van der Waals surface area contributed by atoms with Gasteiger partial charge in [-0.2, -0.15) is 13.2 Å². The maximum absolute atomic E-state index is 12.9. The van der Waals surface area contributed by atoms with E-state index in [4.69, 9.17) is 4.74 Å². The number of carbonyl (C=O) groups excluding carboxylic acids is 2. The second-order valence-corrected chi connectivity index (χ2v) is 5.00. The van der Waals surface area contributed by atoms with E-state index in [1.165, 1.54) is 30.3 Å². The van der Waals surface area contributed by atoms with E-state index in [9.17, 15) is 27.2 Å². The number of hydrogen-bond acceptors (Lipinski definition) is 4. The van der Waals surface area contributed by atoms with Crippen molar-refractivity contribution in [3.8, 4) is 5.75 Å². The molecule has 0 saturated carbocycles. The van der Waals surface area contributed by atoms with Gasteiger partial charge in [0.1, 0.15) is 11.6 Å². The molecule has 0 aliphatic rings. The van der Waals surface area contributed by atoms with Crippen LogP contribution >= 0.6 is 0 Å². The van der Waals surface area contributed by atoms with Crippen LogP contribution in [0, 0.1) is 5.82 Å². The van der Waals surface area contributed by atoms with Crippen LogP contribution in [0.15, 0.2) is 48.5 Å². The predicted octanol–water partition coefficient (Wildman–Crippen LogP) is 3.41. The molecule has 138 valence electrons. The number of hydrogen-bond donors (Lipinski definition) is 1. The second-order valence-electron chi connectivity index (χ2n) is 5.00. The highest BCUT2D eigenvalue weighted by Crippen LogP contribution is 2.34. The smallest absolute Gasteiger partial charge is 0.418 e. The van der Waals surface area contributed by atoms with Gasteiger partial charge in [0.05, 0.1) is 11.3 Å². The van der Waals surface area contributed by atoms with Crippen LogP contribution in [0.1, 0.15) is 5.56 Å². The van der Waals surface area contributed by atoms with Gasteiger partial charge in [-0.3, -0.25) is 4.79 Å². The largest absolute Gasteiger partial charge is 0.482 e. The number of anilines is 1. The van der Waals surface area contributed by atoms with Crippen molar-refractivity contribution >= 4 is 17.6 Å². The van der Waals surface area contributed by atoms with E-state index in [1.54, 1.807) is 0 Å². The maximum Gasteiger partial charge on any atom is 0.418 e. The van der Waals surface area contributed by atoms with Crippen molar-refractivity contribution in [2.24, 2.45) is 0 Å². The quantitative estimate of drug-likeness (QED) is 0.624. The Hall–Kier alpha value is -3.10. The molecule has 0 fully saturated rings. The van der Waals surface area contributed by atoms with Crippen LogP contribution in [0.25, 0.3) is 0 Å². The van der Waals surface area contributed by atoms with E-state index in [2.05, 4.69) is 4.74 Å². The number of alkyl halides is 3. The van der Waals surface area contributed by atoms with Gasteiger partial charge >= 0.3 is 12.1 Å². The molecule has 1 N–H and O–H groups in total. The third-order valence-corrected chi connectivity index (χ3v) is 3.02. The molecule has 9 heteroatoms. The van der Waals surface area contributed by atoms with Crippen LogP contribution < -0.4 is 10.1 Å². The average molecular weight is 371 g/mol. The van der Waals surface area contributed by atoms with E-state index >= 15 is 0 Å². The zero-order valence-electron chi connectivity index (χ0n) is 13.2. The Morgan fingerprint density at radius 3 is 2.42 bits per heavy atom. The van der Waals surface area contributed by atoms with Gasteiger partial charge in [-0.25, -0.2) is 9.18 Å². The second kappa shape index (κ2) is 8.32. The highest BCUT2D eigenvalue weighted by molar-refractivity contribution is 5.93. The van der Waals surface area contributed by atoms with E-state index in [-0.39, 0.29) is 5.75 Å². The van der Waals surface area contributed by atoms with Gasteiger partial charge in [-0.05, 0) is 24.3 Å². The van der Waals surface area contributed by atoms with Crippen LogP contribution in [0.5, 0.6) is 5.75 Å². The predicted molar refractivity (Wildman–Crippen MR) is 82.9 cm³/mol. The molecule has 0 unspecified atom stereocenters. The molecule has 26 heavy (non-hydrogen) atoms. The summed E-state index contributed by atoms with van der Waals surface area (Å²) in [5, 5.41) is 2.03. The number of rotatable bonds is 6. The van der Waals surface area contributed by atoms with Crippen LogP contribution in [0.2, 0.25) is 0 Å². The first-order valence-corrected chi connectivity index (χ1v) is 7.26. The summed E-state index contributed by atoms with van der Waals surface area (Å²) in [5.41, 5.74) is -1.47. The van der Waals surface area contributed by atoms with Gasteiger partial charge in [0.15, 0.2) is 13.2 Å². The summed E-state index contributed by atoms with van der Waals surface area (Å²) in [6.07, 6.45) is -4.64. The van der Waals surface area contributed by atoms with Crippen LogP contribution in [0.4, 0.5) is 23.2 Å². The highest BCUT2D eigenvalue weighted by atomic mass is 19.4. The minimum atomic E-state index is -4.64. The zero-order chi connectivity index (χ0) is 19.2. The van der Waals surface area contributed by atoms with Gasteiger partial charge in [0.2, 0.25) is 0 Å². The average Bonchev–Trinajstić information content (AvgIpc) is 2.58. The van der Waals surface area contributed by atoms with Crippen molar-refractivity contribution in [3.63, 3.8) is 0 Å². The lowest BCUT2D eigenvalue weighted by Gasteiger charge is -2.13. The molecule has 0 bridgehead atoms. The first-order valence-electron chi connectivity index (χ1n) is 7.26. The lowest BCUT2D eigenvalue weighted by Crippen LogP contribution is -2.24. The Labute approximate surface area is 145 Å². The van der Waals surface area contributed by atoms with Crippen molar-refractivity contribution in [1.29, 1.82) is 0 Å². The molecule has 0 aliphatic carbocycles. The summed E-state index contributed by atoms with van der Waals surface area (Å²) >= 11 is 0. The van der Waals surface area contributed by atoms with Crippen molar-refractivity contribution in [3.05, 3.63) is 59.9 Å². The lowest BCUT2D eigenvalue weighted by atomic mass is 10.1. The molecule has 1 amide bonds. The first kappa shape index (κ1) is 19.2. The fourth-order valence-electron chi connectivity index (χ4n) is 1.91. The van der Waals surface area contributed by atoms with E-state index in [0.29, 0.717) is 0 Å². The fraction of sp³-hybridized carbons (Fsp3) is 0.176. The summed E-state index contributed by atoms with van der Waals surface area (Å²) in [6.45, 7) is -1.38. The minimum Gasteiger partial charge on any atom is -0.482 e.